The van der Waals surface area contributed by atoms with Crippen LogP contribution in [0.4, 0.5) is 0 Å². The van der Waals surface area contributed by atoms with Crippen molar-refractivity contribution in [2.24, 2.45) is 4.99 Å². The smallest absolute Gasteiger partial charge is 0.119 e. The molecule has 3 rings (SSSR count). The maximum Gasteiger partial charge on any atom is 0.119 e. The van der Waals surface area contributed by atoms with E-state index in [2.05, 4.69) is 33.4 Å². The van der Waals surface area contributed by atoms with Gasteiger partial charge in [0.1, 0.15) is 5.84 Å². The van der Waals surface area contributed by atoms with E-state index in [-0.39, 0.29) is 0 Å². The third kappa shape index (κ3) is 1.04. The number of amidine groups is 1. The fourth-order valence-corrected chi connectivity index (χ4v) is 2.22. The van der Waals surface area contributed by atoms with Crippen LogP contribution in [0.3, 0.4) is 0 Å². The summed E-state index contributed by atoms with van der Waals surface area (Å²) in [6.07, 6.45) is 7.61. The van der Waals surface area contributed by atoms with Gasteiger partial charge in [-0.1, -0.05) is 12.2 Å². The first-order valence-corrected chi connectivity index (χ1v) is 4.87. The molecule has 3 aliphatic rings. The van der Waals surface area contributed by atoms with Gasteiger partial charge in [0.2, 0.25) is 0 Å². The number of aliphatic imine (C=N–C) groups is 1. The molecular formula is C10H13N3. The lowest BCUT2D eigenvalue weighted by Crippen LogP contribution is -2.49. The third-order valence-corrected chi connectivity index (χ3v) is 2.88. The third-order valence-electron chi connectivity index (χ3n) is 2.88. The molecule has 0 radical (unpaired) electrons. The van der Waals surface area contributed by atoms with E-state index in [0.717, 1.165) is 26.1 Å². The number of hydrogen-bond donors (Lipinski definition) is 1. The van der Waals surface area contributed by atoms with Gasteiger partial charge in [-0.3, -0.25) is 0 Å². The Labute approximate surface area is 77.8 Å². The molecule has 1 atom stereocenters. The summed E-state index contributed by atoms with van der Waals surface area (Å²) in [5, 5.41) is 3.35. The SMILES string of the molecule is C1=CCC2C(=C1)N=C1CNCCN12. The van der Waals surface area contributed by atoms with Gasteiger partial charge in [0.05, 0.1) is 18.3 Å². The summed E-state index contributed by atoms with van der Waals surface area (Å²) in [5.74, 6) is 1.23. The fraction of sp³-hybridized carbons (Fsp3) is 0.500. The Kier molecular flexibility index (Phi) is 1.52. The van der Waals surface area contributed by atoms with Gasteiger partial charge in [0.15, 0.2) is 0 Å². The van der Waals surface area contributed by atoms with Crippen molar-refractivity contribution in [3.63, 3.8) is 0 Å². The summed E-state index contributed by atoms with van der Waals surface area (Å²) in [4.78, 5) is 7.06. The first kappa shape index (κ1) is 7.33. The van der Waals surface area contributed by atoms with Crippen LogP contribution in [0, 0.1) is 0 Å². The molecular weight excluding hydrogens is 162 g/mol. The molecule has 0 spiro atoms. The minimum absolute atomic E-state index is 0.544. The molecule has 68 valence electrons. The van der Waals surface area contributed by atoms with Crippen LogP contribution in [0.2, 0.25) is 0 Å². The molecule has 0 aromatic carbocycles. The number of piperazine rings is 1. The van der Waals surface area contributed by atoms with Crippen LogP contribution in [0.5, 0.6) is 0 Å². The number of fused-ring (bicyclic) bond motifs is 3. The average Bonchev–Trinajstić information content (AvgIpc) is 2.56. The molecule has 3 nitrogen and oxygen atoms in total. The van der Waals surface area contributed by atoms with Gasteiger partial charge in [-0.25, -0.2) is 4.99 Å². The van der Waals surface area contributed by atoms with Gasteiger partial charge < -0.3 is 10.2 Å². The zero-order valence-electron chi connectivity index (χ0n) is 7.53. The topological polar surface area (TPSA) is 27.6 Å². The highest BCUT2D eigenvalue weighted by Gasteiger charge is 2.32. The van der Waals surface area contributed by atoms with Gasteiger partial charge in [-0.2, -0.15) is 0 Å². The van der Waals surface area contributed by atoms with Crippen LogP contribution in [-0.4, -0.2) is 36.4 Å². The summed E-state index contributed by atoms with van der Waals surface area (Å²) in [7, 11) is 0. The van der Waals surface area contributed by atoms with E-state index in [0.29, 0.717) is 6.04 Å². The van der Waals surface area contributed by atoms with Crippen LogP contribution in [-0.2, 0) is 0 Å². The molecule has 0 amide bonds. The summed E-state index contributed by atoms with van der Waals surface area (Å²) in [6.45, 7) is 3.13. The molecule has 1 saturated heterocycles. The van der Waals surface area contributed by atoms with Crippen LogP contribution in [0.25, 0.3) is 0 Å². The van der Waals surface area contributed by atoms with Crippen LogP contribution < -0.4 is 5.32 Å². The maximum atomic E-state index is 4.62. The van der Waals surface area contributed by atoms with E-state index in [1.54, 1.807) is 0 Å². The Morgan fingerprint density at radius 2 is 2.54 bits per heavy atom. The normalized spacial score (nSPS) is 30.8. The largest absolute Gasteiger partial charge is 0.349 e. The molecule has 1 fully saturated rings. The maximum absolute atomic E-state index is 4.62. The van der Waals surface area contributed by atoms with E-state index >= 15 is 0 Å². The molecule has 0 bridgehead atoms. The van der Waals surface area contributed by atoms with Gasteiger partial charge in [0.25, 0.3) is 0 Å². The lowest BCUT2D eigenvalue weighted by molar-refractivity contribution is 0.338. The number of hydrogen-bond acceptors (Lipinski definition) is 3. The Hall–Kier alpha value is -1.09. The van der Waals surface area contributed by atoms with Crippen molar-refractivity contribution in [3.8, 4) is 0 Å². The zero-order chi connectivity index (χ0) is 8.67. The Balaban J connectivity index is 1.96. The number of nitrogens with one attached hydrogen (secondary N) is 1. The predicted octanol–water partition coefficient (Wildman–Crippen LogP) is 0.516. The molecule has 3 heteroatoms. The van der Waals surface area contributed by atoms with E-state index in [1.807, 2.05) is 0 Å². The van der Waals surface area contributed by atoms with Crippen molar-refractivity contribution in [3.05, 3.63) is 23.9 Å². The quantitative estimate of drug-likeness (QED) is 0.581. The number of rotatable bonds is 0. The fourth-order valence-electron chi connectivity index (χ4n) is 2.22. The number of nitrogens with zero attached hydrogens (tertiary/aromatic N) is 2. The lowest BCUT2D eigenvalue weighted by Gasteiger charge is -2.31. The van der Waals surface area contributed by atoms with Crippen molar-refractivity contribution < 1.29 is 0 Å². The van der Waals surface area contributed by atoms with Crippen LogP contribution in [0.15, 0.2) is 28.9 Å². The van der Waals surface area contributed by atoms with Gasteiger partial charge in [0, 0.05) is 13.1 Å². The molecule has 2 heterocycles. The first-order chi connectivity index (χ1) is 6.45. The lowest BCUT2D eigenvalue weighted by atomic mass is 10.0. The molecule has 1 aliphatic carbocycles. The molecule has 2 aliphatic heterocycles. The summed E-state index contributed by atoms with van der Waals surface area (Å²) < 4.78 is 0. The highest BCUT2D eigenvalue weighted by Crippen LogP contribution is 2.27. The molecule has 13 heavy (non-hydrogen) atoms. The van der Waals surface area contributed by atoms with Crippen molar-refractivity contribution in [2.75, 3.05) is 19.6 Å². The second-order valence-electron chi connectivity index (χ2n) is 3.67. The van der Waals surface area contributed by atoms with Crippen molar-refractivity contribution in [2.45, 2.75) is 12.5 Å². The molecule has 0 saturated carbocycles. The standard InChI is InChI=1S/C10H13N3/c1-2-4-9-8(3-1)12-10-7-11-5-6-13(9)10/h1-3,9,11H,4-7H2. The van der Waals surface area contributed by atoms with E-state index in [4.69, 9.17) is 0 Å². The van der Waals surface area contributed by atoms with Crippen molar-refractivity contribution in [1.29, 1.82) is 0 Å². The second-order valence-corrected chi connectivity index (χ2v) is 3.67. The Morgan fingerprint density at radius 3 is 3.54 bits per heavy atom. The second kappa shape index (κ2) is 2.70. The minimum atomic E-state index is 0.544. The number of allylic oxidation sites excluding steroid dienone is 2. The molecule has 1 unspecified atom stereocenters. The monoisotopic (exact) mass is 175 g/mol. The van der Waals surface area contributed by atoms with Gasteiger partial charge in [-0.15, -0.1) is 0 Å². The first-order valence-electron chi connectivity index (χ1n) is 4.87. The highest BCUT2D eigenvalue weighted by molar-refractivity contribution is 5.89. The van der Waals surface area contributed by atoms with E-state index in [9.17, 15) is 0 Å². The molecule has 0 aromatic heterocycles. The Bertz CT molecular complexity index is 314. The molecule has 1 N–H and O–H groups in total. The van der Waals surface area contributed by atoms with Crippen molar-refractivity contribution in [1.82, 2.24) is 10.2 Å². The van der Waals surface area contributed by atoms with Crippen molar-refractivity contribution >= 4 is 5.84 Å². The minimum Gasteiger partial charge on any atom is -0.349 e. The predicted molar refractivity (Wildman–Crippen MR) is 52.6 cm³/mol. The van der Waals surface area contributed by atoms with E-state index in [1.165, 1.54) is 11.5 Å². The van der Waals surface area contributed by atoms with Crippen LogP contribution in [0.1, 0.15) is 6.42 Å². The highest BCUT2D eigenvalue weighted by atomic mass is 15.3. The summed E-state index contributed by atoms with van der Waals surface area (Å²) in [6, 6.07) is 0.544. The van der Waals surface area contributed by atoms with Crippen LogP contribution >= 0.6 is 0 Å². The van der Waals surface area contributed by atoms with Gasteiger partial charge >= 0.3 is 0 Å². The van der Waals surface area contributed by atoms with Gasteiger partial charge in [-0.05, 0) is 12.5 Å². The summed E-state index contributed by atoms with van der Waals surface area (Å²) in [5.41, 5.74) is 1.25. The summed E-state index contributed by atoms with van der Waals surface area (Å²) >= 11 is 0. The average molecular weight is 175 g/mol. The molecule has 0 aromatic rings. The Morgan fingerprint density at radius 1 is 1.54 bits per heavy atom. The van der Waals surface area contributed by atoms with E-state index < -0.39 is 0 Å². The zero-order valence-corrected chi connectivity index (χ0v) is 7.53.